The van der Waals surface area contributed by atoms with Gasteiger partial charge in [0.25, 0.3) is 5.91 Å². The Bertz CT molecular complexity index is 1390. The van der Waals surface area contributed by atoms with Crippen LogP contribution in [0.5, 0.6) is 0 Å². The molecule has 0 spiro atoms. The van der Waals surface area contributed by atoms with Gasteiger partial charge in [-0.05, 0) is 42.3 Å². The molecule has 1 atom stereocenters. The van der Waals surface area contributed by atoms with Gasteiger partial charge in [0, 0.05) is 23.5 Å². The third-order valence-electron chi connectivity index (χ3n) is 5.91. The van der Waals surface area contributed by atoms with E-state index < -0.39 is 0 Å². The van der Waals surface area contributed by atoms with Crippen LogP contribution in [0.25, 0.3) is 21.8 Å². The molecule has 32 heavy (non-hydrogen) atoms. The van der Waals surface area contributed by atoms with E-state index in [1.807, 2.05) is 90.0 Å². The van der Waals surface area contributed by atoms with E-state index in [4.69, 9.17) is 0 Å². The van der Waals surface area contributed by atoms with Gasteiger partial charge in [0.05, 0.1) is 17.1 Å². The lowest BCUT2D eigenvalue weighted by molar-refractivity contribution is 0.0669. The number of nitrogens with zero attached hydrogens (tertiary/aromatic N) is 3. The summed E-state index contributed by atoms with van der Waals surface area (Å²) in [6.07, 6.45) is 1.81. The highest BCUT2D eigenvalue weighted by molar-refractivity contribution is 5.95. The summed E-state index contributed by atoms with van der Waals surface area (Å²) in [5.41, 5.74) is 4.34. The van der Waals surface area contributed by atoms with Crippen molar-refractivity contribution < 1.29 is 4.79 Å². The maximum Gasteiger partial charge on any atom is 0.273 e. The van der Waals surface area contributed by atoms with Crippen LogP contribution in [0.15, 0.2) is 103 Å². The molecule has 0 aliphatic carbocycles. The van der Waals surface area contributed by atoms with Gasteiger partial charge in [0.15, 0.2) is 0 Å². The van der Waals surface area contributed by atoms with Crippen LogP contribution in [-0.4, -0.2) is 20.8 Å². The number of carbonyl (C=O) groups is 1. The van der Waals surface area contributed by atoms with Gasteiger partial charge >= 0.3 is 0 Å². The highest BCUT2D eigenvalue weighted by Crippen LogP contribution is 2.27. The molecule has 0 saturated carbocycles. The third-order valence-corrected chi connectivity index (χ3v) is 5.91. The minimum absolute atomic E-state index is 0.0898. The zero-order valence-corrected chi connectivity index (χ0v) is 17.8. The number of carbonyl (C=O) groups excluding carboxylic acids is 1. The fourth-order valence-electron chi connectivity index (χ4n) is 4.10. The lowest BCUT2D eigenvalue weighted by Gasteiger charge is -2.30. The number of benzene rings is 3. The summed E-state index contributed by atoms with van der Waals surface area (Å²) >= 11 is 0. The summed E-state index contributed by atoms with van der Waals surface area (Å²) in [4.78, 5) is 24.8. The van der Waals surface area contributed by atoms with Crippen LogP contribution in [0, 0.1) is 0 Å². The highest BCUT2D eigenvalue weighted by atomic mass is 16.2. The molecule has 0 bridgehead atoms. The van der Waals surface area contributed by atoms with Gasteiger partial charge in [-0.25, -0.2) is 4.98 Å². The molecule has 4 heteroatoms. The summed E-state index contributed by atoms with van der Waals surface area (Å²) in [5, 5.41) is 2.08. The normalized spacial score (nSPS) is 12.0. The van der Waals surface area contributed by atoms with Gasteiger partial charge in [-0.1, -0.05) is 72.8 Å². The molecule has 0 radical (unpaired) electrons. The minimum Gasteiger partial charge on any atom is -0.326 e. The van der Waals surface area contributed by atoms with E-state index in [2.05, 4.69) is 35.1 Å². The van der Waals surface area contributed by atoms with Crippen molar-refractivity contribution >= 4 is 27.7 Å². The third kappa shape index (κ3) is 3.83. The summed E-state index contributed by atoms with van der Waals surface area (Å²) in [6, 6.07) is 31.7. The van der Waals surface area contributed by atoms with Gasteiger partial charge in [-0.2, -0.15) is 0 Å². The van der Waals surface area contributed by atoms with E-state index in [9.17, 15) is 4.79 Å². The maximum absolute atomic E-state index is 13.8. The van der Waals surface area contributed by atoms with Gasteiger partial charge in [-0.3, -0.25) is 9.78 Å². The Morgan fingerprint density at radius 1 is 0.812 bits per heavy atom. The van der Waals surface area contributed by atoms with E-state index in [0.717, 1.165) is 32.9 Å². The van der Waals surface area contributed by atoms with Gasteiger partial charge in [0.1, 0.15) is 5.69 Å². The molecule has 156 valence electrons. The Labute approximate surface area is 187 Å². The van der Waals surface area contributed by atoms with Crippen LogP contribution in [0.4, 0.5) is 0 Å². The number of hydrogen-bond acceptors (Lipinski definition) is 3. The first kappa shape index (κ1) is 19.9. The summed E-state index contributed by atoms with van der Waals surface area (Å²) < 4.78 is 0. The lowest BCUT2D eigenvalue weighted by atomic mass is 10.0. The zero-order chi connectivity index (χ0) is 21.9. The Hall–Kier alpha value is -4.05. The summed E-state index contributed by atoms with van der Waals surface area (Å²) in [7, 11) is 0. The topological polar surface area (TPSA) is 46.1 Å². The Morgan fingerprint density at radius 3 is 2.38 bits per heavy atom. The molecule has 2 heterocycles. The van der Waals surface area contributed by atoms with E-state index >= 15 is 0 Å². The molecule has 1 amide bonds. The first-order chi connectivity index (χ1) is 15.7. The van der Waals surface area contributed by atoms with Crippen molar-refractivity contribution in [3.8, 4) is 0 Å². The number of pyridine rings is 2. The SMILES string of the molecule is CC(c1ccccc1)N(Cc1ccnc2ccccc12)C(=O)c1ccc2ccccc2n1. The Kier molecular flexibility index (Phi) is 5.34. The quantitative estimate of drug-likeness (QED) is 0.343. The van der Waals surface area contributed by atoms with E-state index in [-0.39, 0.29) is 11.9 Å². The predicted molar refractivity (Wildman–Crippen MR) is 128 cm³/mol. The monoisotopic (exact) mass is 417 g/mol. The van der Waals surface area contributed by atoms with Crippen molar-refractivity contribution in [2.45, 2.75) is 19.5 Å². The number of rotatable bonds is 5. The molecule has 0 fully saturated rings. The molecule has 0 aliphatic rings. The predicted octanol–water partition coefficient (Wildman–Crippen LogP) is 6.19. The number of para-hydroxylation sites is 2. The summed E-state index contributed by atoms with van der Waals surface area (Å²) in [6.45, 7) is 2.53. The van der Waals surface area contributed by atoms with E-state index in [0.29, 0.717) is 12.2 Å². The molecule has 1 unspecified atom stereocenters. The molecule has 4 nitrogen and oxygen atoms in total. The van der Waals surface area contributed by atoms with Crippen LogP contribution in [0.2, 0.25) is 0 Å². The molecule has 0 aliphatic heterocycles. The van der Waals surface area contributed by atoms with Gasteiger partial charge < -0.3 is 4.90 Å². The Morgan fingerprint density at radius 2 is 1.53 bits per heavy atom. The van der Waals surface area contributed by atoms with Gasteiger partial charge in [0.2, 0.25) is 0 Å². The fourth-order valence-corrected chi connectivity index (χ4v) is 4.10. The second kappa shape index (κ2) is 8.60. The van der Waals surface area contributed by atoms with Crippen molar-refractivity contribution in [3.63, 3.8) is 0 Å². The first-order valence-corrected chi connectivity index (χ1v) is 10.7. The van der Waals surface area contributed by atoms with Crippen LogP contribution in [0.1, 0.15) is 34.6 Å². The highest BCUT2D eigenvalue weighted by Gasteiger charge is 2.25. The molecule has 2 aromatic heterocycles. The van der Waals surface area contributed by atoms with Crippen LogP contribution in [0.3, 0.4) is 0 Å². The number of aromatic nitrogens is 2. The van der Waals surface area contributed by atoms with Crippen molar-refractivity contribution in [1.29, 1.82) is 0 Å². The molecule has 0 N–H and O–H groups in total. The van der Waals surface area contributed by atoms with Crippen LogP contribution >= 0.6 is 0 Å². The largest absolute Gasteiger partial charge is 0.326 e. The second-order valence-corrected chi connectivity index (χ2v) is 7.90. The van der Waals surface area contributed by atoms with E-state index in [1.165, 1.54) is 0 Å². The number of hydrogen-bond donors (Lipinski definition) is 0. The average Bonchev–Trinajstić information content (AvgIpc) is 2.87. The lowest BCUT2D eigenvalue weighted by Crippen LogP contribution is -2.33. The summed E-state index contributed by atoms with van der Waals surface area (Å²) in [5.74, 6) is -0.0898. The molecular weight excluding hydrogens is 394 g/mol. The Balaban J connectivity index is 1.57. The molecular formula is C28H23N3O. The van der Waals surface area contributed by atoms with Gasteiger partial charge in [-0.15, -0.1) is 0 Å². The average molecular weight is 418 g/mol. The van der Waals surface area contributed by atoms with Crippen molar-refractivity contribution in [1.82, 2.24) is 14.9 Å². The molecule has 3 aromatic carbocycles. The molecule has 0 saturated heterocycles. The minimum atomic E-state index is -0.121. The second-order valence-electron chi connectivity index (χ2n) is 7.90. The van der Waals surface area contributed by atoms with Crippen molar-refractivity contribution in [3.05, 3.63) is 120 Å². The smallest absolute Gasteiger partial charge is 0.273 e. The maximum atomic E-state index is 13.8. The van der Waals surface area contributed by atoms with E-state index in [1.54, 1.807) is 0 Å². The molecule has 5 rings (SSSR count). The van der Waals surface area contributed by atoms with Crippen molar-refractivity contribution in [2.75, 3.05) is 0 Å². The van der Waals surface area contributed by atoms with Crippen LogP contribution in [-0.2, 0) is 6.54 Å². The number of amides is 1. The molecule has 5 aromatic rings. The standard InChI is InChI=1S/C28H23N3O/c1-20(21-9-3-2-4-10-21)31(19-23-17-18-29-26-14-8-6-12-24(23)26)28(32)27-16-15-22-11-5-7-13-25(22)30-27/h2-18,20H,19H2,1H3. The zero-order valence-electron chi connectivity index (χ0n) is 17.8. The van der Waals surface area contributed by atoms with Crippen LogP contribution < -0.4 is 0 Å². The first-order valence-electron chi connectivity index (χ1n) is 10.7. The van der Waals surface area contributed by atoms with Crippen molar-refractivity contribution in [2.24, 2.45) is 0 Å². The fraction of sp³-hybridized carbons (Fsp3) is 0.107. The number of fused-ring (bicyclic) bond motifs is 2.